The second kappa shape index (κ2) is 10.9. The van der Waals surface area contributed by atoms with Crippen LogP contribution in [0.5, 0.6) is 0 Å². The van der Waals surface area contributed by atoms with Crippen LogP contribution in [0.2, 0.25) is 0 Å². The Labute approximate surface area is 220 Å². The van der Waals surface area contributed by atoms with Crippen molar-refractivity contribution in [1.29, 1.82) is 0 Å². The number of rotatable bonds is 5. The Kier molecular flexibility index (Phi) is 7.18. The second-order valence-electron chi connectivity index (χ2n) is 8.67. The molecule has 1 aliphatic rings. The van der Waals surface area contributed by atoms with E-state index >= 15 is 0 Å². The molecule has 3 amide bonds. The molecule has 11 heteroatoms. The average molecular weight is 534 g/mol. The Morgan fingerprint density at radius 1 is 0.842 bits per heavy atom. The molecule has 1 saturated heterocycles. The number of piperazine rings is 1. The number of nitrogens with one attached hydrogen (secondary N) is 1. The van der Waals surface area contributed by atoms with E-state index in [0.717, 1.165) is 5.39 Å². The minimum atomic E-state index is -3.02. The first-order valence-electron chi connectivity index (χ1n) is 11.9. The monoisotopic (exact) mass is 533 g/mol. The summed E-state index contributed by atoms with van der Waals surface area (Å²) in [5, 5.41) is 3.53. The number of halogens is 1. The summed E-state index contributed by atoms with van der Waals surface area (Å²) in [4.78, 5) is 33.2. The van der Waals surface area contributed by atoms with Gasteiger partial charge in [0.15, 0.2) is 0 Å². The van der Waals surface area contributed by atoms with Gasteiger partial charge in [-0.05, 0) is 60.7 Å². The van der Waals surface area contributed by atoms with Crippen LogP contribution in [-0.2, 0) is 10.9 Å². The van der Waals surface area contributed by atoms with Gasteiger partial charge in [-0.25, -0.2) is 21.9 Å². The predicted octanol–water partition coefficient (Wildman–Crippen LogP) is 4.03. The van der Waals surface area contributed by atoms with E-state index in [9.17, 15) is 22.4 Å². The number of aromatic nitrogens is 1. The molecular formula is C27H24FN5O4S. The van der Waals surface area contributed by atoms with Crippen LogP contribution in [0.1, 0.15) is 10.4 Å². The number of hydrogen-bond donors (Lipinski definition) is 2. The Morgan fingerprint density at radius 2 is 1.50 bits per heavy atom. The van der Waals surface area contributed by atoms with E-state index in [4.69, 9.17) is 0 Å². The van der Waals surface area contributed by atoms with E-state index in [-0.39, 0.29) is 17.8 Å². The molecule has 2 heterocycles. The van der Waals surface area contributed by atoms with Gasteiger partial charge in [0.05, 0.1) is 16.9 Å². The number of fused-ring (bicyclic) bond motifs is 1. The molecular weight excluding hydrogens is 509 g/mol. The molecule has 1 fully saturated rings. The van der Waals surface area contributed by atoms with Gasteiger partial charge < -0.3 is 15.1 Å². The molecule has 38 heavy (non-hydrogen) atoms. The summed E-state index contributed by atoms with van der Waals surface area (Å²) in [5.74, 6) is -0.594. The van der Waals surface area contributed by atoms with Crippen LogP contribution in [0.15, 0.2) is 85.1 Å². The summed E-state index contributed by atoms with van der Waals surface area (Å²) in [6.45, 7) is 1.38. The minimum absolute atomic E-state index is 0.208. The maximum absolute atomic E-state index is 13.1. The van der Waals surface area contributed by atoms with Crippen molar-refractivity contribution < 1.29 is 22.4 Å². The zero-order chi connectivity index (χ0) is 26.6. The van der Waals surface area contributed by atoms with E-state index in [0.29, 0.717) is 54.3 Å². The van der Waals surface area contributed by atoms with Gasteiger partial charge in [0.1, 0.15) is 5.82 Å². The topological polar surface area (TPSA) is 103 Å². The van der Waals surface area contributed by atoms with Gasteiger partial charge in [-0.2, -0.15) is 0 Å². The predicted molar refractivity (Wildman–Crippen MR) is 144 cm³/mol. The fourth-order valence-corrected chi connectivity index (χ4v) is 5.02. The highest BCUT2D eigenvalue weighted by Crippen LogP contribution is 2.31. The fraction of sp³-hybridized carbons (Fsp3) is 0.148. The summed E-state index contributed by atoms with van der Waals surface area (Å²) < 4.78 is 38.7. The van der Waals surface area contributed by atoms with Gasteiger partial charge in [0.2, 0.25) is 10.9 Å². The molecule has 9 nitrogen and oxygen atoms in total. The van der Waals surface area contributed by atoms with Crippen LogP contribution in [0.4, 0.5) is 26.2 Å². The smallest absolute Gasteiger partial charge is 0.321 e. The number of carbonyl (C=O) groups excluding carboxylic acids is 2. The summed E-state index contributed by atoms with van der Waals surface area (Å²) >= 11 is 0. The van der Waals surface area contributed by atoms with E-state index < -0.39 is 10.9 Å². The number of pyridine rings is 1. The van der Waals surface area contributed by atoms with Crippen molar-refractivity contribution in [3.63, 3.8) is 0 Å². The first-order valence-corrected chi connectivity index (χ1v) is 13.0. The third-order valence-corrected chi connectivity index (χ3v) is 7.08. The number of anilines is 3. The molecule has 0 aliphatic carbocycles. The molecule has 5 rings (SSSR count). The lowest BCUT2D eigenvalue weighted by atomic mass is 10.1. The molecule has 3 aromatic carbocycles. The van der Waals surface area contributed by atoms with Crippen LogP contribution in [0.3, 0.4) is 0 Å². The molecule has 0 unspecified atom stereocenters. The van der Waals surface area contributed by atoms with Crippen LogP contribution in [0, 0.1) is 5.82 Å². The maximum atomic E-state index is 13.1. The Balaban J connectivity index is 1.25. The molecule has 1 aromatic heterocycles. The highest BCUT2D eigenvalue weighted by Gasteiger charge is 2.25. The first kappa shape index (κ1) is 25.2. The van der Waals surface area contributed by atoms with Crippen LogP contribution in [-0.4, -0.2) is 61.3 Å². The van der Waals surface area contributed by atoms with Gasteiger partial charge in [0.25, 0.3) is 5.91 Å². The summed E-state index contributed by atoms with van der Waals surface area (Å²) in [5.41, 5.74) is 2.26. The van der Waals surface area contributed by atoms with Crippen molar-refractivity contribution >= 4 is 50.8 Å². The number of nitrogens with zero attached hydrogens (tertiary/aromatic N) is 4. The lowest BCUT2D eigenvalue weighted by Crippen LogP contribution is -2.51. The van der Waals surface area contributed by atoms with Crippen molar-refractivity contribution in [2.45, 2.75) is 0 Å². The first-order chi connectivity index (χ1) is 18.4. The summed E-state index contributed by atoms with van der Waals surface area (Å²) in [7, 11) is -3.02. The summed E-state index contributed by atoms with van der Waals surface area (Å²) in [6.07, 6.45) is 1.61. The molecule has 194 valence electrons. The Bertz CT molecular complexity index is 1540. The highest BCUT2D eigenvalue weighted by molar-refractivity contribution is 7.74. The van der Waals surface area contributed by atoms with Gasteiger partial charge in [-0.3, -0.25) is 9.78 Å². The number of para-hydroxylation sites is 1. The number of carbonyl (C=O) groups is 2. The third-order valence-electron chi connectivity index (χ3n) is 6.31. The standard InChI is InChI=1S/C27H24FN5O4S/c28-21-8-10-22(11-9-21)30-27(35)32-17-15-31(16-18-32)26(34)20-6-12-23(13-7-20)33(38(36)37)24-5-1-3-19-4-2-14-29-25(19)24/h1-14,38H,15-18H2,(H,30,35). The highest BCUT2D eigenvalue weighted by atomic mass is 32.2. The van der Waals surface area contributed by atoms with Crippen LogP contribution < -0.4 is 9.62 Å². The van der Waals surface area contributed by atoms with E-state index in [1.54, 1.807) is 58.5 Å². The molecule has 0 bridgehead atoms. The third kappa shape index (κ3) is 5.28. The SMILES string of the molecule is O=C(Nc1ccc(F)cc1)N1CCN(C(=O)c2ccc(N(c3cccc4cccnc34)[SH](=O)=O)cc2)CC1. The number of urea groups is 1. The van der Waals surface area contributed by atoms with Crippen LogP contribution >= 0.6 is 0 Å². The molecule has 0 spiro atoms. The van der Waals surface area contributed by atoms with E-state index in [1.807, 2.05) is 12.1 Å². The van der Waals surface area contributed by atoms with E-state index in [2.05, 4.69) is 10.3 Å². The second-order valence-corrected chi connectivity index (χ2v) is 9.54. The Morgan fingerprint density at radius 3 is 2.18 bits per heavy atom. The molecule has 1 N–H and O–H groups in total. The largest absolute Gasteiger partial charge is 0.335 e. The zero-order valence-electron chi connectivity index (χ0n) is 20.2. The number of benzene rings is 3. The van der Waals surface area contributed by atoms with Crippen molar-refractivity contribution in [3.05, 3.63) is 96.4 Å². The van der Waals surface area contributed by atoms with Gasteiger partial charge >= 0.3 is 6.03 Å². The van der Waals surface area contributed by atoms with Gasteiger partial charge in [-0.15, -0.1) is 0 Å². The molecule has 1 aliphatic heterocycles. The lowest BCUT2D eigenvalue weighted by Gasteiger charge is -2.34. The lowest BCUT2D eigenvalue weighted by molar-refractivity contribution is 0.0671. The van der Waals surface area contributed by atoms with Crippen molar-refractivity contribution in [2.75, 3.05) is 35.8 Å². The molecule has 4 aromatic rings. The van der Waals surface area contributed by atoms with Gasteiger partial charge in [-0.1, -0.05) is 18.2 Å². The fourth-order valence-electron chi connectivity index (χ4n) is 4.36. The normalized spacial score (nSPS) is 13.5. The number of hydrogen-bond acceptors (Lipinski definition) is 5. The van der Waals surface area contributed by atoms with Gasteiger partial charge in [0, 0.05) is 49.0 Å². The minimum Gasteiger partial charge on any atom is -0.335 e. The molecule has 0 radical (unpaired) electrons. The Hall–Kier alpha value is -4.51. The van der Waals surface area contributed by atoms with Crippen molar-refractivity contribution in [2.24, 2.45) is 0 Å². The van der Waals surface area contributed by atoms with Crippen LogP contribution in [0.25, 0.3) is 10.9 Å². The average Bonchev–Trinajstić information content (AvgIpc) is 2.94. The number of thiol groups is 1. The number of amides is 3. The molecule has 0 saturated carbocycles. The molecule has 0 atom stereocenters. The summed E-state index contributed by atoms with van der Waals surface area (Å²) in [6, 6.07) is 20.5. The maximum Gasteiger partial charge on any atom is 0.321 e. The zero-order valence-corrected chi connectivity index (χ0v) is 21.1. The van der Waals surface area contributed by atoms with Crippen molar-refractivity contribution in [3.8, 4) is 0 Å². The van der Waals surface area contributed by atoms with Crippen molar-refractivity contribution in [1.82, 2.24) is 14.8 Å². The van der Waals surface area contributed by atoms with E-state index in [1.165, 1.54) is 28.6 Å². The quantitative estimate of drug-likeness (QED) is 0.377.